The van der Waals surface area contributed by atoms with E-state index in [0.29, 0.717) is 5.56 Å². The van der Waals surface area contributed by atoms with Gasteiger partial charge in [0.1, 0.15) is 24.2 Å². The number of hydrogen-bond donors (Lipinski definition) is 1. The Morgan fingerprint density at radius 3 is 1.95 bits per heavy atom. The van der Waals surface area contributed by atoms with Crippen LogP contribution in [0.1, 0.15) is 45.0 Å². The molecular formula is C26H33NO12S. The predicted octanol–water partition coefficient (Wildman–Crippen LogP) is 1.16. The van der Waals surface area contributed by atoms with Crippen LogP contribution in [0, 0.1) is 0 Å². The first-order chi connectivity index (χ1) is 18.9. The van der Waals surface area contributed by atoms with Crippen LogP contribution < -0.4 is 5.32 Å². The van der Waals surface area contributed by atoms with Crippen molar-refractivity contribution >= 4 is 47.5 Å². The fraction of sp³-hybridized carbons (Fsp3) is 0.538. The molecule has 1 aliphatic rings. The first-order valence-corrected chi connectivity index (χ1v) is 13.4. The average molecular weight is 584 g/mol. The van der Waals surface area contributed by atoms with Crippen LogP contribution in [0.5, 0.6) is 0 Å². The lowest BCUT2D eigenvalue weighted by molar-refractivity contribution is -0.237. The standard InChI is InChI=1S/C26H33NO12S/c1-6-34-25(33)19(27-24(32)18-10-8-7-9-11-18)13-40-26-23(38-17(5)31)22(37-16(4)30)21(36-15(3)29)20(39-26)12-35-14(2)28/h7-11,19-23,26H,6,12-13H2,1-5H3,(H,27,32)/t19-,20+,21+,22-,23+,26+/m0/s1. The maximum absolute atomic E-state index is 12.8. The van der Waals surface area contributed by atoms with E-state index in [4.69, 9.17) is 28.4 Å². The molecule has 1 amide bonds. The molecule has 1 aromatic carbocycles. The highest BCUT2D eigenvalue weighted by atomic mass is 32.2. The number of nitrogens with one attached hydrogen (secondary N) is 1. The third kappa shape index (κ3) is 10.2. The zero-order valence-corrected chi connectivity index (χ0v) is 23.6. The summed E-state index contributed by atoms with van der Waals surface area (Å²) in [6.07, 6.45) is -5.10. The normalized spacial score (nSPS) is 22.7. The molecule has 220 valence electrons. The summed E-state index contributed by atoms with van der Waals surface area (Å²) in [4.78, 5) is 72.9. The molecule has 1 fully saturated rings. The van der Waals surface area contributed by atoms with Gasteiger partial charge in [0.05, 0.1) is 6.61 Å². The van der Waals surface area contributed by atoms with Crippen molar-refractivity contribution in [1.82, 2.24) is 5.32 Å². The minimum atomic E-state index is -1.35. The summed E-state index contributed by atoms with van der Waals surface area (Å²) in [6.45, 7) is 5.81. The van der Waals surface area contributed by atoms with Crippen LogP contribution in [0.2, 0.25) is 0 Å². The van der Waals surface area contributed by atoms with Crippen molar-refractivity contribution in [3.63, 3.8) is 0 Å². The van der Waals surface area contributed by atoms with Crippen molar-refractivity contribution in [1.29, 1.82) is 0 Å². The Morgan fingerprint density at radius 2 is 1.40 bits per heavy atom. The highest BCUT2D eigenvalue weighted by Crippen LogP contribution is 2.34. The van der Waals surface area contributed by atoms with E-state index >= 15 is 0 Å². The van der Waals surface area contributed by atoms with Gasteiger partial charge in [-0.3, -0.25) is 24.0 Å². The fourth-order valence-corrected chi connectivity index (χ4v) is 4.98. The van der Waals surface area contributed by atoms with Gasteiger partial charge in [0, 0.05) is 39.0 Å². The Morgan fingerprint density at radius 1 is 0.825 bits per heavy atom. The van der Waals surface area contributed by atoms with Crippen molar-refractivity contribution in [2.24, 2.45) is 0 Å². The highest BCUT2D eigenvalue weighted by Gasteiger charge is 2.52. The number of esters is 5. The van der Waals surface area contributed by atoms with Gasteiger partial charge in [-0.05, 0) is 19.1 Å². The number of thioether (sulfide) groups is 1. The zero-order valence-electron chi connectivity index (χ0n) is 22.8. The van der Waals surface area contributed by atoms with Crippen LogP contribution in [0.3, 0.4) is 0 Å². The van der Waals surface area contributed by atoms with Gasteiger partial charge in [-0.15, -0.1) is 11.8 Å². The molecule has 1 saturated heterocycles. The van der Waals surface area contributed by atoms with Crippen LogP contribution >= 0.6 is 11.8 Å². The third-order valence-electron chi connectivity index (χ3n) is 5.29. The quantitative estimate of drug-likeness (QED) is 0.275. The molecule has 0 aliphatic carbocycles. The lowest BCUT2D eigenvalue weighted by Crippen LogP contribution is -2.61. The van der Waals surface area contributed by atoms with E-state index in [1.807, 2.05) is 0 Å². The van der Waals surface area contributed by atoms with E-state index in [2.05, 4.69) is 5.32 Å². The summed E-state index contributed by atoms with van der Waals surface area (Å²) in [6, 6.07) is 7.07. The second-order valence-electron chi connectivity index (χ2n) is 8.55. The molecule has 6 atom stereocenters. The van der Waals surface area contributed by atoms with E-state index in [9.17, 15) is 28.8 Å². The number of ether oxygens (including phenoxy) is 6. The van der Waals surface area contributed by atoms with E-state index < -0.39 is 71.6 Å². The molecule has 0 spiro atoms. The van der Waals surface area contributed by atoms with Gasteiger partial charge in [0.15, 0.2) is 18.3 Å². The molecule has 1 heterocycles. The van der Waals surface area contributed by atoms with Gasteiger partial charge in [-0.2, -0.15) is 0 Å². The lowest BCUT2D eigenvalue weighted by atomic mass is 9.99. The molecule has 0 saturated carbocycles. The minimum Gasteiger partial charge on any atom is -0.464 e. The van der Waals surface area contributed by atoms with Gasteiger partial charge in [-0.1, -0.05) is 18.2 Å². The molecule has 1 aromatic rings. The summed E-state index contributed by atoms with van der Waals surface area (Å²) in [5.74, 6) is -4.29. The van der Waals surface area contributed by atoms with Crippen LogP contribution in [0.25, 0.3) is 0 Å². The second-order valence-corrected chi connectivity index (χ2v) is 9.68. The highest BCUT2D eigenvalue weighted by molar-refractivity contribution is 7.99. The molecular weight excluding hydrogens is 550 g/mol. The number of rotatable bonds is 12. The molecule has 1 N–H and O–H groups in total. The summed E-state index contributed by atoms with van der Waals surface area (Å²) < 4.78 is 32.4. The summed E-state index contributed by atoms with van der Waals surface area (Å²) >= 11 is 0.949. The smallest absolute Gasteiger partial charge is 0.329 e. The van der Waals surface area contributed by atoms with E-state index in [-0.39, 0.29) is 19.0 Å². The first kappa shape index (κ1) is 32.6. The van der Waals surface area contributed by atoms with Crippen LogP contribution in [0.15, 0.2) is 30.3 Å². The maximum atomic E-state index is 12.8. The van der Waals surface area contributed by atoms with Crippen LogP contribution in [-0.4, -0.2) is 90.6 Å². The molecule has 0 unspecified atom stereocenters. The van der Waals surface area contributed by atoms with Crippen molar-refractivity contribution in [3.8, 4) is 0 Å². The SMILES string of the molecule is CCOC(=O)[C@H](CS[C@H]1O[C@H](COC(C)=O)[C@@H](OC(C)=O)[C@H](OC(C)=O)[C@H]1OC(C)=O)NC(=O)c1ccccc1. The number of carbonyl (C=O) groups is 6. The number of amides is 1. The summed E-state index contributed by atoms with van der Waals surface area (Å²) in [7, 11) is 0. The third-order valence-corrected chi connectivity index (χ3v) is 6.52. The van der Waals surface area contributed by atoms with Gasteiger partial charge in [0.2, 0.25) is 0 Å². The van der Waals surface area contributed by atoms with Crippen molar-refractivity contribution in [3.05, 3.63) is 35.9 Å². The molecule has 0 bridgehead atoms. The van der Waals surface area contributed by atoms with Gasteiger partial charge in [0.25, 0.3) is 5.91 Å². The Kier molecular flexibility index (Phi) is 12.9. The first-order valence-electron chi connectivity index (χ1n) is 12.4. The van der Waals surface area contributed by atoms with Crippen molar-refractivity contribution in [2.75, 3.05) is 19.0 Å². The van der Waals surface area contributed by atoms with Crippen LogP contribution in [0.4, 0.5) is 0 Å². The van der Waals surface area contributed by atoms with E-state index in [1.54, 1.807) is 37.3 Å². The molecule has 40 heavy (non-hydrogen) atoms. The number of hydrogen-bond acceptors (Lipinski definition) is 13. The van der Waals surface area contributed by atoms with E-state index in [1.165, 1.54) is 6.92 Å². The Balaban J connectivity index is 2.38. The largest absolute Gasteiger partial charge is 0.464 e. The fourth-order valence-electron chi connectivity index (χ4n) is 3.76. The maximum Gasteiger partial charge on any atom is 0.329 e. The summed E-state index contributed by atoms with van der Waals surface area (Å²) in [5, 5.41) is 2.62. The predicted molar refractivity (Wildman–Crippen MR) is 139 cm³/mol. The molecule has 0 radical (unpaired) electrons. The molecule has 1 aliphatic heterocycles. The molecule has 14 heteroatoms. The zero-order chi connectivity index (χ0) is 29.8. The Bertz CT molecular complexity index is 1070. The monoisotopic (exact) mass is 583 g/mol. The average Bonchev–Trinajstić information content (AvgIpc) is 2.88. The molecule has 2 rings (SSSR count). The van der Waals surface area contributed by atoms with Crippen LogP contribution in [-0.2, 0) is 52.4 Å². The van der Waals surface area contributed by atoms with E-state index in [0.717, 1.165) is 32.5 Å². The topological polar surface area (TPSA) is 170 Å². The Labute approximate surface area is 235 Å². The lowest BCUT2D eigenvalue weighted by Gasteiger charge is -2.44. The second kappa shape index (κ2) is 15.8. The molecule has 13 nitrogen and oxygen atoms in total. The molecule has 0 aromatic heterocycles. The number of carbonyl (C=O) groups excluding carboxylic acids is 6. The van der Waals surface area contributed by atoms with Crippen molar-refractivity contribution < 1.29 is 57.2 Å². The van der Waals surface area contributed by atoms with Gasteiger partial charge < -0.3 is 33.7 Å². The van der Waals surface area contributed by atoms with Gasteiger partial charge >= 0.3 is 29.8 Å². The Hall–Kier alpha value is -3.65. The van der Waals surface area contributed by atoms with Gasteiger partial charge in [-0.25, -0.2) is 4.79 Å². The number of benzene rings is 1. The minimum absolute atomic E-state index is 0.0558. The van der Waals surface area contributed by atoms with Crippen molar-refractivity contribution in [2.45, 2.75) is 70.5 Å². The summed E-state index contributed by atoms with van der Waals surface area (Å²) in [5.41, 5.74) is -0.805.